The van der Waals surface area contributed by atoms with Gasteiger partial charge >= 0.3 is 0 Å². The summed E-state index contributed by atoms with van der Waals surface area (Å²) < 4.78 is 2.40. The summed E-state index contributed by atoms with van der Waals surface area (Å²) in [6.07, 6.45) is 5.23. The van der Waals surface area contributed by atoms with E-state index in [0.717, 1.165) is 12.5 Å². The van der Waals surface area contributed by atoms with Gasteiger partial charge in [-0.2, -0.15) is 0 Å². The fraction of sp³-hybridized carbons (Fsp3) is 0.444. The molecule has 1 nitrogen and oxygen atoms in total. The van der Waals surface area contributed by atoms with Gasteiger partial charge in [-0.1, -0.05) is 24.3 Å². The van der Waals surface area contributed by atoms with E-state index in [1.54, 1.807) is 11.1 Å². The number of nitrogens with zero attached hydrogens (tertiary/aromatic N) is 1. The highest BCUT2D eigenvalue weighted by molar-refractivity contribution is 9.13. The van der Waals surface area contributed by atoms with Gasteiger partial charge in [-0.3, -0.25) is 4.90 Å². The normalized spacial score (nSPS) is 24.8. The molecule has 5 rings (SSSR count). The summed E-state index contributed by atoms with van der Waals surface area (Å²) in [5.74, 6) is 0.824. The van der Waals surface area contributed by atoms with Crippen LogP contribution >= 0.6 is 43.2 Å². The molecule has 3 aliphatic rings. The molecule has 116 valence electrons. The van der Waals surface area contributed by atoms with Crippen LogP contribution in [0.2, 0.25) is 0 Å². The monoisotopic (exact) mass is 439 g/mol. The molecule has 3 heterocycles. The van der Waals surface area contributed by atoms with Crippen LogP contribution in [0.5, 0.6) is 0 Å². The first-order valence-electron chi connectivity index (χ1n) is 7.93. The number of thiophene rings is 1. The quantitative estimate of drug-likeness (QED) is 0.582. The maximum absolute atomic E-state index is 3.62. The van der Waals surface area contributed by atoms with E-state index < -0.39 is 0 Å². The Morgan fingerprint density at radius 3 is 2.59 bits per heavy atom. The van der Waals surface area contributed by atoms with E-state index in [1.165, 1.54) is 45.4 Å². The van der Waals surface area contributed by atoms with E-state index in [2.05, 4.69) is 67.1 Å². The molecule has 2 bridgehead atoms. The molecule has 1 fully saturated rings. The van der Waals surface area contributed by atoms with E-state index >= 15 is 0 Å². The van der Waals surface area contributed by atoms with Gasteiger partial charge in [0.2, 0.25) is 0 Å². The zero-order valence-electron chi connectivity index (χ0n) is 12.4. The van der Waals surface area contributed by atoms with Crippen LogP contribution < -0.4 is 0 Å². The molecule has 1 aromatic heterocycles. The van der Waals surface area contributed by atoms with Gasteiger partial charge in [-0.25, -0.2) is 0 Å². The topological polar surface area (TPSA) is 3.24 Å². The molecule has 0 amide bonds. The zero-order chi connectivity index (χ0) is 15.1. The molecule has 1 aliphatic carbocycles. The largest absolute Gasteiger partial charge is 0.295 e. The van der Waals surface area contributed by atoms with Crippen molar-refractivity contribution in [2.24, 2.45) is 5.92 Å². The summed E-state index contributed by atoms with van der Waals surface area (Å²) >= 11 is 9.10. The highest BCUT2D eigenvalue weighted by Gasteiger charge is 2.32. The Morgan fingerprint density at radius 2 is 1.86 bits per heavy atom. The van der Waals surface area contributed by atoms with Gasteiger partial charge in [-0.05, 0) is 80.7 Å². The third kappa shape index (κ3) is 3.08. The van der Waals surface area contributed by atoms with Gasteiger partial charge in [0, 0.05) is 28.5 Å². The molecule has 1 saturated heterocycles. The van der Waals surface area contributed by atoms with Crippen molar-refractivity contribution in [1.82, 2.24) is 4.90 Å². The van der Waals surface area contributed by atoms with Gasteiger partial charge in [0.05, 0.1) is 3.79 Å². The molecule has 4 heteroatoms. The molecule has 2 aliphatic heterocycles. The second-order valence-corrected chi connectivity index (χ2v) is 9.85. The lowest BCUT2D eigenvalue weighted by Gasteiger charge is -2.42. The van der Waals surface area contributed by atoms with Crippen molar-refractivity contribution in [2.45, 2.75) is 38.3 Å². The Bertz CT molecular complexity index is 662. The average molecular weight is 441 g/mol. The lowest BCUT2D eigenvalue weighted by molar-refractivity contribution is 0.0948. The van der Waals surface area contributed by atoms with Gasteiger partial charge in [0.25, 0.3) is 0 Å². The van der Waals surface area contributed by atoms with E-state index in [1.807, 2.05) is 11.3 Å². The maximum atomic E-state index is 3.62. The van der Waals surface area contributed by atoms with Gasteiger partial charge in [-0.15, -0.1) is 11.3 Å². The average Bonchev–Trinajstić information content (AvgIpc) is 2.78. The minimum absolute atomic E-state index is 0.706. The third-order valence-corrected chi connectivity index (χ3v) is 8.30. The fourth-order valence-corrected chi connectivity index (χ4v) is 6.17. The molecule has 0 spiro atoms. The van der Waals surface area contributed by atoms with Crippen LogP contribution in [0.15, 0.2) is 38.6 Å². The smallest absolute Gasteiger partial charge is 0.0843 e. The summed E-state index contributed by atoms with van der Waals surface area (Å²) in [6, 6.07) is 12.1. The van der Waals surface area contributed by atoms with Gasteiger partial charge in [0.15, 0.2) is 0 Å². The Hall–Kier alpha value is -0.160. The van der Waals surface area contributed by atoms with Crippen LogP contribution in [0.3, 0.4) is 0 Å². The SMILES string of the molecule is Brc1cc(CN2CC3CCC2Cc2ccccc2C3)sc1Br. The van der Waals surface area contributed by atoms with Crippen LogP contribution in [-0.4, -0.2) is 17.5 Å². The number of rotatable bonds is 2. The lowest BCUT2D eigenvalue weighted by Crippen LogP contribution is -2.45. The number of fused-ring (bicyclic) bond motifs is 2. The third-order valence-electron chi connectivity index (χ3n) is 5.05. The summed E-state index contributed by atoms with van der Waals surface area (Å²) in [7, 11) is 0. The molecule has 0 N–H and O–H groups in total. The van der Waals surface area contributed by atoms with Gasteiger partial charge < -0.3 is 0 Å². The predicted octanol–water partition coefficient (Wildman–Crippen LogP) is 5.65. The Balaban J connectivity index is 1.58. The Morgan fingerprint density at radius 1 is 1.09 bits per heavy atom. The van der Waals surface area contributed by atoms with Crippen molar-refractivity contribution in [2.75, 3.05) is 6.54 Å². The number of benzene rings is 1. The number of hydrogen-bond acceptors (Lipinski definition) is 2. The highest BCUT2D eigenvalue weighted by atomic mass is 79.9. The lowest BCUT2D eigenvalue weighted by atomic mass is 9.80. The summed E-state index contributed by atoms with van der Waals surface area (Å²) in [4.78, 5) is 4.19. The van der Waals surface area contributed by atoms with Crippen molar-refractivity contribution in [3.05, 3.63) is 54.6 Å². The second-order valence-electron chi connectivity index (χ2n) is 6.54. The summed E-state index contributed by atoms with van der Waals surface area (Å²) in [5.41, 5.74) is 3.17. The summed E-state index contributed by atoms with van der Waals surface area (Å²) in [5, 5.41) is 0. The van der Waals surface area contributed by atoms with Crippen molar-refractivity contribution in [3.63, 3.8) is 0 Å². The first-order chi connectivity index (χ1) is 10.7. The molecule has 1 aromatic carbocycles. The number of piperidine rings is 1. The van der Waals surface area contributed by atoms with Crippen molar-refractivity contribution in [1.29, 1.82) is 0 Å². The summed E-state index contributed by atoms with van der Waals surface area (Å²) in [6.45, 7) is 2.35. The zero-order valence-corrected chi connectivity index (χ0v) is 16.4. The minimum atomic E-state index is 0.706. The van der Waals surface area contributed by atoms with E-state index in [9.17, 15) is 0 Å². The van der Waals surface area contributed by atoms with Crippen LogP contribution in [0.1, 0.15) is 28.8 Å². The molecule has 22 heavy (non-hydrogen) atoms. The van der Waals surface area contributed by atoms with E-state index in [4.69, 9.17) is 0 Å². The number of halogens is 2. The van der Waals surface area contributed by atoms with Crippen LogP contribution in [-0.2, 0) is 19.4 Å². The predicted molar refractivity (Wildman–Crippen MR) is 100 cm³/mol. The fourth-order valence-electron chi connectivity index (χ4n) is 3.96. The standard InChI is InChI=1S/C18H19Br2NS/c19-17-9-16(22-18(17)20)11-21-10-12-5-6-15(21)8-14-4-2-1-3-13(14)7-12/h1-4,9,12,15H,5-8,10-11H2. The van der Waals surface area contributed by atoms with Crippen molar-refractivity contribution >= 4 is 43.2 Å². The molecule has 0 saturated carbocycles. The van der Waals surface area contributed by atoms with Gasteiger partial charge in [0.1, 0.15) is 0 Å². The molecule has 0 radical (unpaired) electrons. The van der Waals surface area contributed by atoms with Crippen molar-refractivity contribution < 1.29 is 0 Å². The van der Waals surface area contributed by atoms with Crippen LogP contribution in [0, 0.1) is 5.92 Å². The van der Waals surface area contributed by atoms with E-state index in [0.29, 0.717) is 6.04 Å². The first-order valence-corrected chi connectivity index (χ1v) is 10.3. The molecular weight excluding hydrogens is 422 g/mol. The van der Waals surface area contributed by atoms with E-state index in [-0.39, 0.29) is 0 Å². The maximum Gasteiger partial charge on any atom is 0.0843 e. The minimum Gasteiger partial charge on any atom is -0.295 e. The molecule has 2 aromatic rings. The van der Waals surface area contributed by atoms with Crippen molar-refractivity contribution in [3.8, 4) is 0 Å². The Kier molecular flexibility index (Phi) is 4.46. The molecule has 2 unspecified atom stereocenters. The second kappa shape index (κ2) is 6.39. The highest BCUT2D eigenvalue weighted by Crippen LogP contribution is 2.36. The van der Waals surface area contributed by atoms with Crippen LogP contribution in [0.25, 0.3) is 0 Å². The molecular formula is C18H19Br2NS. The van der Waals surface area contributed by atoms with Crippen LogP contribution in [0.4, 0.5) is 0 Å². The Labute approximate surface area is 153 Å². The molecule has 2 atom stereocenters. The first kappa shape index (κ1) is 15.4. The number of hydrogen-bond donors (Lipinski definition) is 0.